The molecule has 0 bridgehead atoms. The second-order valence-corrected chi connectivity index (χ2v) is 6.10. The van der Waals surface area contributed by atoms with Crippen LogP contribution in [-0.2, 0) is 11.2 Å². The van der Waals surface area contributed by atoms with Crippen molar-refractivity contribution in [3.05, 3.63) is 23.8 Å². The Hall–Kier alpha value is -1.00. The summed E-state index contributed by atoms with van der Waals surface area (Å²) in [6.07, 6.45) is 3.70. The Bertz CT molecular complexity index is 455. The van der Waals surface area contributed by atoms with E-state index in [-0.39, 0.29) is 5.91 Å². The minimum atomic E-state index is 0.115. The lowest BCUT2D eigenvalue weighted by Gasteiger charge is -2.23. The summed E-state index contributed by atoms with van der Waals surface area (Å²) in [5, 5.41) is 6.41. The first-order valence-electron chi connectivity index (χ1n) is 6.57. The Morgan fingerprint density at radius 3 is 3.17 bits per heavy atom. The lowest BCUT2D eigenvalue weighted by molar-refractivity contribution is -0.113. The Morgan fingerprint density at radius 2 is 2.33 bits per heavy atom. The number of piperidine rings is 1. The van der Waals surface area contributed by atoms with Crippen molar-refractivity contribution < 1.29 is 4.79 Å². The molecule has 0 aromatic heterocycles. The number of benzene rings is 1. The molecular formula is C14H18N2OS. The Morgan fingerprint density at radius 1 is 1.39 bits per heavy atom. The van der Waals surface area contributed by atoms with E-state index in [0.717, 1.165) is 31.1 Å². The van der Waals surface area contributed by atoms with Crippen LogP contribution < -0.4 is 10.6 Å². The lowest BCUT2D eigenvalue weighted by atomic mass is 9.92. The van der Waals surface area contributed by atoms with Crippen molar-refractivity contribution in [1.82, 2.24) is 5.32 Å². The number of fused-ring (bicyclic) bond motifs is 1. The highest BCUT2D eigenvalue weighted by atomic mass is 32.2. The van der Waals surface area contributed by atoms with Crippen molar-refractivity contribution >= 4 is 23.4 Å². The van der Waals surface area contributed by atoms with Crippen LogP contribution in [0.1, 0.15) is 18.4 Å². The predicted octanol–water partition coefficient (Wildman–Crippen LogP) is 2.27. The number of nitrogens with one attached hydrogen (secondary N) is 2. The van der Waals surface area contributed by atoms with Gasteiger partial charge < -0.3 is 10.6 Å². The zero-order valence-corrected chi connectivity index (χ0v) is 11.2. The monoisotopic (exact) mass is 262 g/mol. The molecule has 1 amide bonds. The van der Waals surface area contributed by atoms with Gasteiger partial charge in [-0.3, -0.25) is 4.79 Å². The number of amides is 1. The van der Waals surface area contributed by atoms with Crippen molar-refractivity contribution in [2.24, 2.45) is 5.92 Å². The third-order valence-corrected chi connectivity index (χ3v) is 4.67. The highest BCUT2D eigenvalue weighted by molar-refractivity contribution is 8.00. The van der Waals surface area contributed by atoms with Crippen LogP contribution in [0.2, 0.25) is 0 Å². The third kappa shape index (κ3) is 2.70. The maximum Gasteiger partial charge on any atom is 0.234 e. The molecule has 0 spiro atoms. The lowest BCUT2D eigenvalue weighted by Crippen LogP contribution is -2.30. The van der Waals surface area contributed by atoms with Gasteiger partial charge in [-0.15, -0.1) is 11.8 Å². The molecule has 0 radical (unpaired) electrons. The summed E-state index contributed by atoms with van der Waals surface area (Å²) in [5.41, 5.74) is 2.34. The fourth-order valence-electron chi connectivity index (χ4n) is 2.69. The number of rotatable bonds is 2. The summed E-state index contributed by atoms with van der Waals surface area (Å²) in [5.74, 6) is 1.39. The van der Waals surface area contributed by atoms with Crippen molar-refractivity contribution in [2.75, 3.05) is 24.2 Å². The minimum absolute atomic E-state index is 0.115. The molecule has 0 aliphatic carbocycles. The van der Waals surface area contributed by atoms with Gasteiger partial charge in [0.25, 0.3) is 0 Å². The maximum atomic E-state index is 11.4. The Kier molecular flexibility index (Phi) is 3.57. The minimum Gasteiger partial charge on any atom is -0.324 e. The van der Waals surface area contributed by atoms with E-state index in [1.807, 2.05) is 0 Å². The zero-order valence-electron chi connectivity index (χ0n) is 10.4. The number of carbonyl (C=O) groups is 1. The van der Waals surface area contributed by atoms with Gasteiger partial charge in [0.05, 0.1) is 11.4 Å². The molecule has 2 N–H and O–H groups in total. The number of hydrogen-bond donors (Lipinski definition) is 2. The van der Waals surface area contributed by atoms with Crippen molar-refractivity contribution in [1.29, 1.82) is 0 Å². The van der Waals surface area contributed by atoms with Crippen LogP contribution in [0.5, 0.6) is 0 Å². The van der Waals surface area contributed by atoms with Crippen LogP contribution in [0, 0.1) is 5.92 Å². The molecule has 0 saturated carbocycles. The van der Waals surface area contributed by atoms with Crippen LogP contribution in [0.4, 0.5) is 5.69 Å². The van der Waals surface area contributed by atoms with Gasteiger partial charge >= 0.3 is 0 Å². The van der Waals surface area contributed by atoms with E-state index >= 15 is 0 Å². The van der Waals surface area contributed by atoms with Crippen LogP contribution in [0.25, 0.3) is 0 Å². The van der Waals surface area contributed by atoms with Crippen LogP contribution in [-0.4, -0.2) is 24.7 Å². The average Bonchev–Trinajstić information content (AvgIpc) is 2.39. The molecule has 2 aliphatic heterocycles. The quantitative estimate of drug-likeness (QED) is 0.859. The molecule has 1 aromatic carbocycles. The molecule has 1 saturated heterocycles. The molecule has 1 unspecified atom stereocenters. The molecule has 4 heteroatoms. The number of thioether (sulfide) groups is 1. The summed E-state index contributed by atoms with van der Waals surface area (Å²) in [7, 11) is 0. The van der Waals surface area contributed by atoms with Gasteiger partial charge in [0.2, 0.25) is 5.91 Å². The Labute approximate surface area is 112 Å². The van der Waals surface area contributed by atoms with E-state index in [2.05, 4.69) is 28.8 Å². The van der Waals surface area contributed by atoms with Crippen molar-refractivity contribution in [3.8, 4) is 0 Å². The van der Waals surface area contributed by atoms with Gasteiger partial charge in [-0.2, -0.15) is 0 Å². The van der Waals surface area contributed by atoms with Gasteiger partial charge in [-0.05, 0) is 56.0 Å². The van der Waals surface area contributed by atoms with Crippen LogP contribution >= 0.6 is 11.8 Å². The number of anilines is 1. The van der Waals surface area contributed by atoms with E-state index < -0.39 is 0 Å². The number of hydrogen-bond acceptors (Lipinski definition) is 3. The maximum absolute atomic E-state index is 11.4. The van der Waals surface area contributed by atoms with E-state index in [1.54, 1.807) is 11.8 Å². The van der Waals surface area contributed by atoms with E-state index in [1.165, 1.54) is 23.3 Å². The highest BCUT2D eigenvalue weighted by Crippen LogP contribution is 2.32. The molecular weight excluding hydrogens is 244 g/mol. The fourth-order valence-corrected chi connectivity index (χ4v) is 3.48. The summed E-state index contributed by atoms with van der Waals surface area (Å²) in [4.78, 5) is 12.6. The zero-order chi connectivity index (χ0) is 12.4. The molecule has 2 aliphatic rings. The smallest absolute Gasteiger partial charge is 0.234 e. The molecule has 96 valence electrons. The second kappa shape index (κ2) is 5.33. The normalized spacial score (nSPS) is 23.3. The molecule has 3 rings (SSSR count). The summed E-state index contributed by atoms with van der Waals surface area (Å²) >= 11 is 1.63. The predicted molar refractivity (Wildman–Crippen MR) is 75.1 cm³/mol. The molecule has 2 heterocycles. The SMILES string of the molecule is O=C1CSc2ccc(CC3CCCNC3)cc2N1. The first-order valence-corrected chi connectivity index (χ1v) is 7.56. The highest BCUT2D eigenvalue weighted by Gasteiger charge is 2.17. The van der Waals surface area contributed by atoms with Gasteiger partial charge in [-0.1, -0.05) is 6.07 Å². The van der Waals surface area contributed by atoms with Gasteiger partial charge in [-0.25, -0.2) is 0 Å². The molecule has 18 heavy (non-hydrogen) atoms. The van der Waals surface area contributed by atoms with Crippen molar-refractivity contribution in [2.45, 2.75) is 24.2 Å². The van der Waals surface area contributed by atoms with Crippen molar-refractivity contribution in [3.63, 3.8) is 0 Å². The second-order valence-electron chi connectivity index (χ2n) is 5.08. The van der Waals surface area contributed by atoms with Gasteiger partial charge in [0.15, 0.2) is 0 Å². The molecule has 1 aromatic rings. The van der Waals surface area contributed by atoms with E-state index in [9.17, 15) is 4.79 Å². The summed E-state index contributed by atoms with van der Waals surface area (Å²) in [6.45, 7) is 2.28. The largest absolute Gasteiger partial charge is 0.324 e. The molecule has 1 fully saturated rings. The van der Waals surface area contributed by atoms with E-state index in [0.29, 0.717) is 5.75 Å². The molecule has 3 nitrogen and oxygen atoms in total. The molecule has 1 atom stereocenters. The van der Waals surface area contributed by atoms with E-state index in [4.69, 9.17) is 0 Å². The van der Waals surface area contributed by atoms with Gasteiger partial charge in [0, 0.05) is 4.90 Å². The average molecular weight is 262 g/mol. The first-order chi connectivity index (χ1) is 8.81. The van der Waals surface area contributed by atoms with Crippen LogP contribution in [0.3, 0.4) is 0 Å². The third-order valence-electron chi connectivity index (χ3n) is 3.60. The van der Waals surface area contributed by atoms with Crippen LogP contribution in [0.15, 0.2) is 23.1 Å². The summed E-state index contributed by atoms with van der Waals surface area (Å²) < 4.78 is 0. The first kappa shape index (κ1) is 12.1. The number of carbonyl (C=O) groups excluding carboxylic acids is 1. The van der Waals surface area contributed by atoms with Gasteiger partial charge in [0.1, 0.15) is 0 Å². The fraction of sp³-hybridized carbons (Fsp3) is 0.500. The standard InChI is InChI=1S/C14H18N2OS/c17-14-9-18-13-4-3-10(7-12(13)16-14)6-11-2-1-5-15-8-11/h3-4,7,11,15H,1-2,5-6,8-9H2,(H,16,17). The Balaban J connectivity index is 1.73. The summed E-state index contributed by atoms with van der Waals surface area (Å²) in [6, 6.07) is 6.50. The topological polar surface area (TPSA) is 41.1 Å².